The van der Waals surface area contributed by atoms with E-state index in [1.807, 2.05) is 30.3 Å². The largest absolute Gasteiger partial charge is 0.423 e. The number of benzene rings is 3. The van der Waals surface area contributed by atoms with Crippen LogP contribution in [0.4, 0.5) is 0 Å². The molecule has 0 atom stereocenters. The van der Waals surface area contributed by atoms with Crippen LogP contribution in [0.2, 0.25) is 0 Å². The van der Waals surface area contributed by atoms with Crippen LogP contribution in [0.15, 0.2) is 72.8 Å². The van der Waals surface area contributed by atoms with Crippen molar-refractivity contribution < 1.29 is 9.53 Å². The smallest absolute Gasteiger partial charge is 0.343 e. The van der Waals surface area contributed by atoms with E-state index in [-0.39, 0.29) is 0 Å². The number of carbonyl (C=O) groups excluding carboxylic acids is 1. The zero-order chi connectivity index (χ0) is 17.6. The monoisotopic (exact) mass is 324 g/mol. The van der Waals surface area contributed by atoms with Gasteiger partial charge in [0.15, 0.2) is 0 Å². The molecule has 0 aliphatic heterocycles. The van der Waals surface area contributed by atoms with Crippen molar-refractivity contribution >= 4 is 5.97 Å². The molecule has 0 saturated carbocycles. The number of hydrogen-bond acceptors (Lipinski definition) is 4. The number of ether oxygens (including phenoxy) is 1. The Kier molecular flexibility index (Phi) is 4.55. The van der Waals surface area contributed by atoms with Crippen molar-refractivity contribution in [1.29, 1.82) is 10.5 Å². The van der Waals surface area contributed by atoms with Gasteiger partial charge in [-0.25, -0.2) is 4.79 Å². The Morgan fingerprint density at radius 3 is 1.96 bits per heavy atom. The Balaban J connectivity index is 1.75. The van der Waals surface area contributed by atoms with Crippen LogP contribution in [0.25, 0.3) is 11.1 Å². The number of esters is 1. The zero-order valence-corrected chi connectivity index (χ0v) is 13.1. The molecule has 4 heteroatoms. The number of nitriles is 2. The molecule has 0 aromatic heterocycles. The first-order chi connectivity index (χ1) is 12.2. The van der Waals surface area contributed by atoms with E-state index < -0.39 is 5.97 Å². The summed E-state index contributed by atoms with van der Waals surface area (Å²) in [6.45, 7) is 0. The molecule has 0 aliphatic carbocycles. The Labute approximate surface area is 145 Å². The fourth-order valence-electron chi connectivity index (χ4n) is 2.33. The molecule has 0 heterocycles. The Hall–Kier alpha value is -3.89. The first-order valence-electron chi connectivity index (χ1n) is 7.52. The van der Waals surface area contributed by atoms with E-state index in [1.54, 1.807) is 42.5 Å². The second-order valence-corrected chi connectivity index (χ2v) is 5.30. The molecule has 3 aromatic rings. The van der Waals surface area contributed by atoms with Crippen LogP contribution < -0.4 is 4.74 Å². The minimum absolute atomic E-state index is 0.329. The quantitative estimate of drug-likeness (QED) is 0.531. The minimum atomic E-state index is -0.511. The van der Waals surface area contributed by atoms with E-state index in [0.29, 0.717) is 22.4 Å². The van der Waals surface area contributed by atoms with Crippen LogP contribution in [-0.4, -0.2) is 5.97 Å². The summed E-state index contributed by atoms with van der Waals surface area (Å²) in [6.07, 6.45) is 0. The van der Waals surface area contributed by atoms with Crippen molar-refractivity contribution in [2.24, 2.45) is 0 Å². The molecule has 0 spiro atoms. The highest BCUT2D eigenvalue weighted by Crippen LogP contribution is 2.23. The molecule has 0 unspecified atom stereocenters. The van der Waals surface area contributed by atoms with Gasteiger partial charge >= 0.3 is 5.97 Å². The third kappa shape index (κ3) is 3.72. The summed E-state index contributed by atoms with van der Waals surface area (Å²) in [5.74, 6) is -0.0898. The van der Waals surface area contributed by atoms with Crippen LogP contribution in [0, 0.1) is 22.7 Å². The van der Waals surface area contributed by atoms with Crippen LogP contribution in [-0.2, 0) is 0 Å². The second-order valence-electron chi connectivity index (χ2n) is 5.30. The molecule has 0 radical (unpaired) electrons. The molecule has 0 fully saturated rings. The standard InChI is InChI=1S/C21H12N2O2/c22-13-15-4-6-17(7-5-15)18-8-10-20(11-9-18)25-21(24)19-3-1-2-16(12-19)14-23/h1-12H. The number of hydrogen-bond donors (Lipinski definition) is 0. The fraction of sp³-hybridized carbons (Fsp3) is 0. The van der Waals surface area contributed by atoms with Gasteiger partial charge in [0.05, 0.1) is 28.8 Å². The van der Waals surface area contributed by atoms with E-state index in [1.165, 1.54) is 6.07 Å². The summed E-state index contributed by atoms with van der Waals surface area (Å²) < 4.78 is 5.34. The van der Waals surface area contributed by atoms with Crippen molar-refractivity contribution in [3.05, 3.63) is 89.5 Å². The van der Waals surface area contributed by atoms with Gasteiger partial charge in [0.1, 0.15) is 5.75 Å². The third-order valence-electron chi connectivity index (χ3n) is 3.64. The van der Waals surface area contributed by atoms with Crippen LogP contribution in [0.3, 0.4) is 0 Å². The van der Waals surface area contributed by atoms with E-state index in [2.05, 4.69) is 6.07 Å². The third-order valence-corrected chi connectivity index (χ3v) is 3.64. The van der Waals surface area contributed by atoms with Crippen LogP contribution in [0.5, 0.6) is 5.75 Å². The van der Waals surface area contributed by atoms with Crippen molar-refractivity contribution in [3.8, 4) is 29.0 Å². The van der Waals surface area contributed by atoms with Crippen LogP contribution >= 0.6 is 0 Å². The van der Waals surface area contributed by atoms with Gasteiger partial charge < -0.3 is 4.74 Å². The first-order valence-corrected chi connectivity index (χ1v) is 7.52. The molecule has 3 aromatic carbocycles. The maximum Gasteiger partial charge on any atom is 0.343 e. The maximum atomic E-state index is 12.1. The molecule has 0 aliphatic rings. The predicted molar refractivity (Wildman–Crippen MR) is 92.7 cm³/mol. The summed E-state index contributed by atoms with van der Waals surface area (Å²) in [6, 6.07) is 24.8. The lowest BCUT2D eigenvalue weighted by molar-refractivity contribution is 0.0734. The van der Waals surface area contributed by atoms with Gasteiger partial charge in [0.2, 0.25) is 0 Å². The van der Waals surface area contributed by atoms with Gasteiger partial charge in [0, 0.05) is 0 Å². The van der Waals surface area contributed by atoms with Gasteiger partial charge in [-0.05, 0) is 53.6 Å². The fourth-order valence-corrected chi connectivity index (χ4v) is 2.33. The topological polar surface area (TPSA) is 73.9 Å². The van der Waals surface area contributed by atoms with E-state index >= 15 is 0 Å². The lowest BCUT2D eigenvalue weighted by atomic mass is 10.0. The Morgan fingerprint density at radius 1 is 0.760 bits per heavy atom. The molecule has 3 rings (SSSR count). The normalized spacial score (nSPS) is 9.68. The molecule has 0 bridgehead atoms. The van der Waals surface area contributed by atoms with Crippen molar-refractivity contribution in [3.63, 3.8) is 0 Å². The molecular weight excluding hydrogens is 312 g/mol. The average molecular weight is 324 g/mol. The lowest BCUT2D eigenvalue weighted by Crippen LogP contribution is -2.08. The van der Waals surface area contributed by atoms with Gasteiger partial charge in [-0.15, -0.1) is 0 Å². The molecule has 118 valence electrons. The van der Waals surface area contributed by atoms with E-state index in [4.69, 9.17) is 15.3 Å². The summed E-state index contributed by atoms with van der Waals surface area (Å²) >= 11 is 0. The van der Waals surface area contributed by atoms with Crippen molar-refractivity contribution in [2.75, 3.05) is 0 Å². The predicted octanol–water partition coefficient (Wildman–Crippen LogP) is 4.32. The van der Waals surface area contributed by atoms with Gasteiger partial charge in [-0.1, -0.05) is 30.3 Å². The highest BCUT2D eigenvalue weighted by Gasteiger charge is 2.09. The first kappa shape index (κ1) is 16.0. The summed E-state index contributed by atoms with van der Waals surface area (Å²) in [4.78, 5) is 12.1. The SMILES string of the molecule is N#Cc1ccc(-c2ccc(OC(=O)c3cccc(C#N)c3)cc2)cc1. The number of nitrogens with zero attached hydrogens (tertiary/aromatic N) is 2. The molecule has 0 N–H and O–H groups in total. The maximum absolute atomic E-state index is 12.1. The molecule has 4 nitrogen and oxygen atoms in total. The Bertz CT molecular complexity index is 992. The van der Waals surface area contributed by atoms with Gasteiger partial charge in [-0.3, -0.25) is 0 Å². The van der Waals surface area contributed by atoms with Crippen molar-refractivity contribution in [2.45, 2.75) is 0 Å². The van der Waals surface area contributed by atoms with Crippen LogP contribution in [0.1, 0.15) is 21.5 Å². The summed E-state index contributed by atoms with van der Waals surface area (Å²) in [5, 5.41) is 17.7. The zero-order valence-electron chi connectivity index (χ0n) is 13.1. The average Bonchev–Trinajstić information content (AvgIpc) is 2.68. The number of rotatable bonds is 3. The highest BCUT2D eigenvalue weighted by atomic mass is 16.5. The summed E-state index contributed by atoms with van der Waals surface area (Å²) in [5.41, 5.74) is 3.27. The van der Waals surface area contributed by atoms with E-state index in [9.17, 15) is 4.79 Å². The molecular formula is C21H12N2O2. The summed E-state index contributed by atoms with van der Waals surface area (Å²) in [7, 11) is 0. The van der Waals surface area contributed by atoms with Gasteiger partial charge in [-0.2, -0.15) is 10.5 Å². The lowest BCUT2D eigenvalue weighted by Gasteiger charge is -2.06. The second kappa shape index (κ2) is 7.12. The Morgan fingerprint density at radius 2 is 1.36 bits per heavy atom. The number of carbonyl (C=O) groups is 1. The van der Waals surface area contributed by atoms with Crippen molar-refractivity contribution in [1.82, 2.24) is 0 Å². The molecule has 0 amide bonds. The minimum Gasteiger partial charge on any atom is -0.423 e. The molecule has 0 saturated heterocycles. The van der Waals surface area contributed by atoms with E-state index in [0.717, 1.165) is 11.1 Å². The molecule has 25 heavy (non-hydrogen) atoms. The highest BCUT2D eigenvalue weighted by molar-refractivity contribution is 5.91. The van der Waals surface area contributed by atoms with Gasteiger partial charge in [0.25, 0.3) is 0 Å².